The molecule has 15 heavy (non-hydrogen) atoms. The molecule has 1 fully saturated rings. The maximum atomic E-state index is 5.66. The molecule has 1 rings (SSSR count). The fourth-order valence-electron chi connectivity index (χ4n) is 1.63. The number of hydrogen-bond acceptors (Lipinski definition) is 3. The third kappa shape index (κ3) is 4.91. The van der Waals surface area contributed by atoms with Crippen LogP contribution in [-0.4, -0.2) is 42.7 Å². The van der Waals surface area contributed by atoms with Crippen LogP contribution in [0.15, 0.2) is 0 Å². The van der Waals surface area contributed by atoms with Gasteiger partial charge in [-0.05, 0) is 32.2 Å². The Morgan fingerprint density at radius 1 is 1.60 bits per heavy atom. The van der Waals surface area contributed by atoms with Gasteiger partial charge in [0.2, 0.25) is 0 Å². The molecule has 1 unspecified atom stereocenters. The first-order valence-corrected chi connectivity index (χ1v) is 6.13. The van der Waals surface area contributed by atoms with Crippen LogP contribution in [0.2, 0.25) is 0 Å². The minimum absolute atomic E-state index is 0.213. The highest BCUT2D eigenvalue weighted by atomic mass is 32.1. The van der Waals surface area contributed by atoms with Gasteiger partial charge in [-0.25, -0.2) is 0 Å². The number of thiocarbonyl (C=S) groups is 1. The predicted octanol–water partition coefficient (Wildman–Crippen LogP) is 1.41. The van der Waals surface area contributed by atoms with Crippen LogP contribution in [0.5, 0.6) is 0 Å². The zero-order valence-corrected chi connectivity index (χ0v) is 10.6. The molecule has 1 atom stereocenters. The van der Waals surface area contributed by atoms with Crippen molar-refractivity contribution in [1.29, 1.82) is 0 Å². The number of nitrogens with zero attached hydrogens (tertiary/aromatic N) is 1. The fourth-order valence-corrected chi connectivity index (χ4v) is 1.98. The highest BCUT2D eigenvalue weighted by Gasteiger charge is 2.21. The summed E-state index contributed by atoms with van der Waals surface area (Å²) in [6, 6.07) is 0.213. The maximum absolute atomic E-state index is 5.66. The summed E-state index contributed by atoms with van der Waals surface area (Å²) in [6.07, 6.45) is 3.66. The molecule has 0 bridgehead atoms. The van der Waals surface area contributed by atoms with Crippen molar-refractivity contribution in [2.45, 2.75) is 32.2 Å². The predicted molar refractivity (Wildman–Crippen MR) is 67.0 cm³/mol. The summed E-state index contributed by atoms with van der Waals surface area (Å²) in [5, 5.41) is 0. The smallest absolute Gasteiger partial charge is 0.0901 e. The van der Waals surface area contributed by atoms with Gasteiger partial charge in [-0.1, -0.05) is 19.1 Å². The molecule has 4 heteroatoms. The average molecular weight is 230 g/mol. The standard InChI is InChI=1S/C11H22N2OS/c1-3-10(11(12)15)13(2)6-7-14-8-9-4-5-9/h9-10H,3-8H2,1-2H3,(H2,12,15). The Bertz CT molecular complexity index is 207. The first-order valence-electron chi connectivity index (χ1n) is 5.72. The third-order valence-electron chi connectivity index (χ3n) is 2.89. The lowest BCUT2D eigenvalue weighted by Gasteiger charge is -2.25. The second-order valence-corrected chi connectivity index (χ2v) is 4.80. The van der Waals surface area contributed by atoms with Gasteiger partial charge >= 0.3 is 0 Å². The monoisotopic (exact) mass is 230 g/mol. The quantitative estimate of drug-likeness (QED) is 0.505. The molecule has 0 aliphatic heterocycles. The van der Waals surface area contributed by atoms with Crippen LogP contribution in [0, 0.1) is 5.92 Å². The molecular weight excluding hydrogens is 208 g/mol. The van der Waals surface area contributed by atoms with E-state index >= 15 is 0 Å². The van der Waals surface area contributed by atoms with Crippen molar-refractivity contribution in [3.05, 3.63) is 0 Å². The van der Waals surface area contributed by atoms with Crippen LogP contribution in [0.25, 0.3) is 0 Å². The van der Waals surface area contributed by atoms with Crippen molar-refractivity contribution in [3.63, 3.8) is 0 Å². The van der Waals surface area contributed by atoms with Gasteiger partial charge in [0.05, 0.1) is 17.6 Å². The molecule has 0 amide bonds. The Labute approximate surface area is 98.0 Å². The van der Waals surface area contributed by atoms with Crippen LogP contribution in [0.3, 0.4) is 0 Å². The van der Waals surface area contributed by atoms with Crippen LogP contribution < -0.4 is 5.73 Å². The summed E-state index contributed by atoms with van der Waals surface area (Å²) in [5.41, 5.74) is 5.66. The van der Waals surface area contributed by atoms with Gasteiger partial charge in [-0.15, -0.1) is 0 Å². The van der Waals surface area contributed by atoms with E-state index < -0.39 is 0 Å². The molecule has 0 radical (unpaired) electrons. The summed E-state index contributed by atoms with van der Waals surface area (Å²) in [5.74, 6) is 0.841. The number of rotatable bonds is 8. The minimum atomic E-state index is 0.213. The molecule has 2 N–H and O–H groups in total. The van der Waals surface area contributed by atoms with Gasteiger partial charge in [-0.2, -0.15) is 0 Å². The van der Waals surface area contributed by atoms with Crippen molar-refractivity contribution >= 4 is 17.2 Å². The van der Waals surface area contributed by atoms with Gasteiger partial charge in [0.1, 0.15) is 0 Å². The molecular formula is C11H22N2OS. The summed E-state index contributed by atoms with van der Waals surface area (Å²) >= 11 is 5.02. The van der Waals surface area contributed by atoms with E-state index in [9.17, 15) is 0 Å². The molecule has 0 spiro atoms. The second kappa shape index (κ2) is 6.40. The van der Waals surface area contributed by atoms with E-state index in [2.05, 4.69) is 11.8 Å². The van der Waals surface area contributed by atoms with E-state index in [0.717, 1.165) is 32.1 Å². The lowest BCUT2D eigenvalue weighted by Crippen LogP contribution is -2.42. The average Bonchev–Trinajstić information content (AvgIpc) is 2.96. The Hall–Kier alpha value is -0.190. The largest absolute Gasteiger partial charge is 0.392 e. The first kappa shape index (κ1) is 12.9. The van der Waals surface area contributed by atoms with E-state index in [0.29, 0.717) is 4.99 Å². The Morgan fingerprint density at radius 3 is 2.73 bits per heavy atom. The Balaban J connectivity index is 2.09. The lowest BCUT2D eigenvalue weighted by atomic mass is 10.2. The van der Waals surface area contributed by atoms with E-state index in [1.54, 1.807) is 0 Å². The number of nitrogens with two attached hydrogens (primary N) is 1. The van der Waals surface area contributed by atoms with Crippen molar-refractivity contribution < 1.29 is 4.74 Å². The number of hydrogen-bond donors (Lipinski definition) is 1. The van der Waals surface area contributed by atoms with E-state index in [4.69, 9.17) is 22.7 Å². The Kier molecular flexibility index (Phi) is 5.50. The Morgan fingerprint density at radius 2 is 2.27 bits per heavy atom. The molecule has 0 aromatic rings. The summed E-state index contributed by atoms with van der Waals surface area (Å²) in [4.78, 5) is 2.76. The summed E-state index contributed by atoms with van der Waals surface area (Å²) < 4.78 is 5.58. The maximum Gasteiger partial charge on any atom is 0.0901 e. The van der Waals surface area contributed by atoms with Crippen molar-refractivity contribution in [3.8, 4) is 0 Å². The normalized spacial score (nSPS) is 18.1. The van der Waals surface area contributed by atoms with Crippen LogP contribution >= 0.6 is 12.2 Å². The van der Waals surface area contributed by atoms with Gasteiger partial charge < -0.3 is 10.5 Å². The van der Waals surface area contributed by atoms with E-state index in [1.165, 1.54) is 12.8 Å². The molecule has 0 aromatic heterocycles. The zero-order valence-electron chi connectivity index (χ0n) is 9.74. The summed E-state index contributed by atoms with van der Waals surface area (Å²) in [6.45, 7) is 4.72. The first-order chi connectivity index (χ1) is 7.15. The fraction of sp³-hybridized carbons (Fsp3) is 0.909. The molecule has 3 nitrogen and oxygen atoms in total. The second-order valence-electron chi connectivity index (χ2n) is 4.33. The minimum Gasteiger partial charge on any atom is -0.392 e. The lowest BCUT2D eigenvalue weighted by molar-refractivity contribution is 0.0986. The van der Waals surface area contributed by atoms with Crippen molar-refractivity contribution in [2.24, 2.45) is 11.7 Å². The van der Waals surface area contributed by atoms with Crippen molar-refractivity contribution in [1.82, 2.24) is 4.90 Å². The van der Waals surface area contributed by atoms with E-state index in [-0.39, 0.29) is 6.04 Å². The highest BCUT2D eigenvalue weighted by Crippen LogP contribution is 2.28. The topological polar surface area (TPSA) is 38.5 Å². The zero-order chi connectivity index (χ0) is 11.3. The molecule has 0 saturated heterocycles. The molecule has 0 heterocycles. The molecule has 1 aliphatic carbocycles. The van der Waals surface area contributed by atoms with Crippen LogP contribution in [0.1, 0.15) is 26.2 Å². The summed E-state index contributed by atoms with van der Waals surface area (Å²) in [7, 11) is 2.05. The SMILES string of the molecule is CCC(C(N)=S)N(C)CCOCC1CC1. The molecule has 1 aliphatic rings. The van der Waals surface area contributed by atoms with Crippen LogP contribution in [-0.2, 0) is 4.74 Å². The highest BCUT2D eigenvalue weighted by molar-refractivity contribution is 7.80. The third-order valence-corrected chi connectivity index (χ3v) is 3.16. The van der Waals surface area contributed by atoms with Gasteiger partial charge in [0.15, 0.2) is 0 Å². The van der Waals surface area contributed by atoms with Gasteiger partial charge in [0, 0.05) is 13.2 Å². The van der Waals surface area contributed by atoms with Gasteiger partial charge in [0.25, 0.3) is 0 Å². The van der Waals surface area contributed by atoms with Crippen LogP contribution in [0.4, 0.5) is 0 Å². The molecule has 0 aromatic carbocycles. The number of likely N-dealkylation sites (N-methyl/N-ethyl adjacent to an activating group) is 1. The van der Waals surface area contributed by atoms with Gasteiger partial charge in [-0.3, -0.25) is 4.90 Å². The number of ether oxygens (including phenoxy) is 1. The molecule has 88 valence electrons. The molecule has 1 saturated carbocycles. The van der Waals surface area contributed by atoms with E-state index in [1.807, 2.05) is 7.05 Å². The van der Waals surface area contributed by atoms with Crippen molar-refractivity contribution in [2.75, 3.05) is 26.8 Å².